The fraction of sp³-hybridized carbons (Fsp3) is 0.200. The predicted octanol–water partition coefficient (Wildman–Crippen LogP) is 4.62. The summed E-state index contributed by atoms with van der Waals surface area (Å²) >= 11 is 5.83. The minimum Gasteiger partial charge on any atom is -0.489 e. The Morgan fingerprint density at radius 1 is 1.11 bits per heavy atom. The van der Waals surface area contributed by atoms with Gasteiger partial charge in [-0.3, -0.25) is 0 Å². The van der Waals surface area contributed by atoms with Gasteiger partial charge < -0.3 is 4.74 Å². The smallest absolute Gasteiger partial charge is 0.129 e. The summed E-state index contributed by atoms with van der Waals surface area (Å²) in [6, 6.07) is 12.2. The monoisotopic (exact) mass is 264 g/mol. The van der Waals surface area contributed by atoms with E-state index in [1.807, 2.05) is 24.3 Å². The number of aryl methyl sites for hydroxylation is 1. The third kappa shape index (κ3) is 3.02. The number of benzene rings is 2. The van der Waals surface area contributed by atoms with Crippen molar-refractivity contribution in [3.8, 4) is 5.75 Å². The van der Waals surface area contributed by atoms with Crippen molar-refractivity contribution in [2.45, 2.75) is 20.0 Å². The molecule has 0 heterocycles. The molecule has 0 amide bonds. The van der Waals surface area contributed by atoms with E-state index >= 15 is 0 Å². The Hall–Kier alpha value is -1.54. The molecule has 0 unspecified atom stereocenters. The molecule has 0 spiro atoms. The van der Waals surface area contributed by atoms with Gasteiger partial charge in [-0.25, -0.2) is 4.39 Å². The SMILES string of the molecule is CCc1ccccc1OCc1cc(Cl)ccc1F. The highest BCUT2D eigenvalue weighted by Gasteiger charge is 2.06. The second-order valence-corrected chi connectivity index (χ2v) is 4.42. The maximum Gasteiger partial charge on any atom is 0.129 e. The minimum atomic E-state index is -0.298. The van der Waals surface area contributed by atoms with E-state index in [4.69, 9.17) is 16.3 Å². The third-order valence-electron chi connectivity index (χ3n) is 2.74. The molecule has 0 radical (unpaired) electrons. The predicted molar refractivity (Wildman–Crippen MR) is 71.6 cm³/mol. The standard InChI is InChI=1S/C15H14ClFO/c1-2-11-5-3-4-6-15(11)18-10-12-9-13(16)7-8-14(12)17/h3-9H,2,10H2,1H3. The molecule has 2 aromatic carbocycles. The molecule has 0 saturated carbocycles. The van der Waals surface area contributed by atoms with Gasteiger partial charge in [-0.05, 0) is 36.2 Å². The molecule has 0 aliphatic heterocycles. The first-order chi connectivity index (χ1) is 8.70. The van der Waals surface area contributed by atoms with E-state index in [0.717, 1.165) is 17.7 Å². The largest absolute Gasteiger partial charge is 0.489 e. The first-order valence-corrected chi connectivity index (χ1v) is 6.23. The van der Waals surface area contributed by atoms with Crippen molar-refractivity contribution >= 4 is 11.6 Å². The van der Waals surface area contributed by atoms with Gasteiger partial charge in [0.15, 0.2) is 0 Å². The van der Waals surface area contributed by atoms with Gasteiger partial charge in [0.2, 0.25) is 0 Å². The summed E-state index contributed by atoms with van der Waals surface area (Å²) in [5.41, 5.74) is 1.58. The molecule has 0 fully saturated rings. The van der Waals surface area contributed by atoms with Crippen LogP contribution in [-0.4, -0.2) is 0 Å². The second-order valence-electron chi connectivity index (χ2n) is 3.99. The van der Waals surface area contributed by atoms with Gasteiger partial charge in [0, 0.05) is 10.6 Å². The van der Waals surface area contributed by atoms with Crippen LogP contribution in [0.25, 0.3) is 0 Å². The van der Waals surface area contributed by atoms with E-state index < -0.39 is 0 Å². The highest BCUT2D eigenvalue weighted by Crippen LogP contribution is 2.21. The Labute approximate surface area is 111 Å². The van der Waals surface area contributed by atoms with Crippen LogP contribution in [0.3, 0.4) is 0 Å². The highest BCUT2D eigenvalue weighted by atomic mass is 35.5. The summed E-state index contributed by atoms with van der Waals surface area (Å²) in [6.45, 7) is 2.24. The summed E-state index contributed by atoms with van der Waals surface area (Å²) < 4.78 is 19.2. The lowest BCUT2D eigenvalue weighted by Gasteiger charge is -2.11. The van der Waals surface area contributed by atoms with Gasteiger partial charge in [-0.15, -0.1) is 0 Å². The number of para-hydroxylation sites is 1. The molecule has 0 bridgehead atoms. The zero-order chi connectivity index (χ0) is 13.0. The van der Waals surface area contributed by atoms with E-state index in [2.05, 4.69) is 6.92 Å². The fourth-order valence-electron chi connectivity index (χ4n) is 1.75. The number of rotatable bonds is 4. The molecular formula is C15H14ClFO. The summed E-state index contributed by atoms with van der Waals surface area (Å²) in [4.78, 5) is 0. The molecule has 0 atom stereocenters. The van der Waals surface area contributed by atoms with Crippen LogP contribution in [0.1, 0.15) is 18.1 Å². The van der Waals surface area contributed by atoms with Crippen LogP contribution in [-0.2, 0) is 13.0 Å². The fourth-order valence-corrected chi connectivity index (χ4v) is 1.94. The van der Waals surface area contributed by atoms with E-state index in [-0.39, 0.29) is 12.4 Å². The maximum absolute atomic E-state index is 13.5. The van der Waals surface area contributed by atoms with Crippen molar-refractivity contribution in [1.82, 2.24) is 0 Å². The van der Waals surface area contributed by atoms with Crippen molar-refractivity contribution in [2.75, 3.05) is 0 Å². The molecule has 3 heteroatoms. The van der Waals surface area contributed by atoms with E-state index in [9.17, 15) is 4.39 Å². The Morgan fingerprint density at radius 3 is 2.67 bits per heavy atom. The first-order valence-electron chi connectivity index (χ1n) is 5.85. The molecule has 0 aromatic heterocycles. The van der Waals surface area contributed by atoms with Gasteiger partial charge in [-0.1, -0.05) is 36.7 Å². The molecule has 2 aromatic rings. The average Bonchev–Trinajstić information content (AvgIpc) is 2.40. The van der Waals surface area contributed by atoms with Gasteiger partial charge in [0.05, 0.1) is 0 Å². The normalized spacial score (nSPS) is 10.4. The Bertz CT molecular complexity index is 540. The Morgan fingerprint density at radius 2 is 1.89 bits per heavy atom. The van der Waals surface area contributed by atoms with E-state index in [1.54, 1.807) is 6.07 Å². The Kier molecular flexibility index (Phi) is 4.21. The molecule has 18 heavy (non-hydrogen) atoms. The minimum absolute atomic E-state index is 0.184. The summed E-state index contributed by atoms with van der Waals surface area (Å²) in [5, 5.41) is 0.513. The summed E-state index contributed by atoms with van der Waals surface area (Å²) in [7, 11) is 0. The van der Waals surface area contributed by atoms with Crippen molar-refractivity contribution in [2.24, 2.45) is 0 Å². The maximum atomic E-state index is 13.5. The third-order valence-corrected chi connectivity index (χ3v) is 2.98. The summed E-state index contributed by atoms with van der Waals surface area (Å²) in [5.74, 6) is 0.493. The quantitative estimate of drug-likeness (QED) is 0.783. The van der Waals surface area contributed by atoms with Gasteiger partial charge >= 0.3 is 0 Å². The van der Waals surface area contributed by atoms with E-state index in [1.165, 1.54) is 12.1 Å². The van der Waals surface area contributed by atoms with Gasteiger partial charge in [0.1, 0.15) is 18.2 Å². The topological polar surface area (TPSA) is 9.23 Å². The van der Waals surface area contributed by atoms with Crippen molar-refractivity contribution in [1.29, 1.82) is 0 Å². The zero-order valence-electron chi connectivity index (χ0n) is 10.1. The molecular weight excluding hydrogens is 251 g/mol. The number of ether oxygens (including phenoxy) is 1. The molecule has 1 nitrogen and oxygen atoms in total. The van der Waals surface area contributed by atoms with Crippen LogP contribution in [0.2, 0.25) is 5.02 Å². The second kappa shape index (κ2) is 5.87. The number of halogens is 2. The number of hydrogen-bond acceptors (Lipinski definition) is 1. The molecule has 0 saturated heterocycles. The molecule has 0 N–H and O–H groups in total. The molecule has 0 aliphatic carbocycles. The summed E-state index contributed by atoms with van der Waals surface area (Å²) in [6.07, 6.45) is 0.883. The van der Waals surface area contributed by atoms with Gasteiger partial charge in [-0.2, -0.15) is 0 Å². The average molecular weight is 265 g/mol. The first kappa shape index (κ1) is 12.9. The van der Waals surface area contributed by atoms with Crippen molar-refractivity contribution in [3.05, 3.63) is 64.4 Å². The lowest BCUT2D eigenvalue weighted by molar-refractivity contribution is 0.297. The number of hydrogen-bond donors (Lipinski definition) is 0. The lowest BCUT2D eigenvalue weighted by Crippen LogP contribution is -2.00. The zero-order valence-corrected chi connectivity index (χ0v) is 10.9. The lowest BCUT2D eigenvalue weighted by atomic mass is 10.1. The van der Waals surface area contributed by atoms with Crippen LogP contribution in [0.15, 0.2) is 42.5 Å². The Balaban J connectivity index is 2.14. The van der Waals surface area contributed by atoms with Gasteiger partial charge in [0.25, 0.3) is 0 Å². The molecule has 0 aliphatic rings. The molecule has 2 rings (SSSR count). The van der Waals surface area contributed by atoms with Crippen LogP contribution < -0.4 is 4.74 Å². The van der Waals surface area contributed by atoms with Crippen molar-refractivity contribution < 1.29 is 9.13 Å². The van der Waals surface area contributed by atoms with Crippen LogP contribution in [0.4, 0.5) is 4.39 Å². The van der Waals surface area contributed by atoms with Crippen LogP contribution in [0, 0.1) is 5.82 Å². The molecule has 94 valence electrons. The van der Waals surface area contributed by atoms with Crippen LogP contribution >= 0.6 is 11.6 Å². The van der Waals surface area contributed by atoms with Crippen molar-refractivity contribution in [3.63, 3.8) is 0 Å². The highest BCUT2D eigenvalue weighted by molar-refractivity contribution is 6.30. The van der Waals surface area contributed by atoms with Crippen LogP contribution in [0.5, 0.6) is 5.75 Å². The van der Waals surface area contributed by atoms with E-state index in [0.29, 0.717) is 10.6 Å².